The Morgan fingerprint density at radius 1 is 1.23 bits per heavy atom. The molecule has 0 atom stereocenters. The molecule has 0 spiro atoms. The fourth-order valence-corrected chi connectivity index (χ4v) is 2.86. The van der Waals surface area contributed by atoms with Gasteiger partial charge in [-0.2, -0.15) is 0 Å². The number of amides is 3. The predicted molar refractivity (Wildman–Crippen MR) is 99.8 cm³/mol. The average molecular weight is 360 g/mol. The molecule has 1 aliphatic heterocycles. The first-order valence-electron chi connectivity index (χ1n) is 9.29. The number of urea groups is 1. The number of hydrogen-bond acceptors (Lipinski definition) is 5. The van der Waals surface area contributed by atoms with Crippen LogP contribution in [0.2, 0.25) is 0 Å². The number of carbonyl (C=O) groups excluding carboxylic acids is 2. The van der Waals surface area contributed by atoms with Gasteiger partial charge in [0.1, 0.15) is 0 Å². The van der Waals surface area contributed by atoms with Crippen molar-refractivity contribution in [2.24, 2.45) is 0 Å². The molecule has 1 aromatic rings. The Morgan fingerprint density at radius 3 is 2.73 bits per heavy atom. The van der Waals surface area contributed by atoms with Crippen LogP contribution in [0.15, 0.2) is 18.3 Å². The highest BCUT2D eigenvalue weighted by atomic mass is 16.2. The lowest BCUT2D eigenvalue weighted by molar-refractivity contribution is -0.116. The van der Waals surface area contributed by atoms with E-state index < -0.39 is 0 Å². The fourth-order valence-electron chi connectivity index (χ4n) is 2.86. The molecule has 0 bridgehead atoms. The van der Waals surface area contributed by atoms with Gasteiger partial charge in [0.15, 0.2) is 0 Å². The number of pyridine rings is 1. The Balaban J connectivity index is 1.44. The second kappa shape index (κ2) is 8.95. The summed E-state index contributed by atoms with van der Waals surface area (Å²) in [7, 11) is 2.12. The second-order valence-electron chi connectivity index (χ2n) is 7.04. The maximum atomic E-state index is 12.3. The minimum Gasteiger partial charge on any atom is -0.335 e. The first kappa shape index (κ1) is 18.6. The quantitative estimate of drug-likeness (QED) is 0.663. The number of likely N-dealkylation sites (N-methyl/N-ethyl adjacent to an activating group) is 1. The van der Waals surface area contributed by atoms with Crippen molar-refractivity contribution in [1.82, 2.24) is 25.4 Å². The number of aromatic nitrogens is 1. The third kappa shape index (κ3) is 5.96. The van der Waals surface area contributed by atoms with Crippen molar-refractivity contribution >= 4 is 17.6 Å². The van der Waals surface area contributed by atoms with Gasteiger partial charge in [0.2, 0.25) is 5.91 Å². The molecule has 8 nitrogen and oxygen atoms in total. The van der Waals surface area contributed by atoms with Crippen molar-refractivity contribution in [2.75, 3.05) is 45.1 Å². The van der Waals surface area contributed by atoms with Gasteiger partial charge in [0, 0.05) is 51.4 Å². The minimum absolute atomic E-state index is 0.0272. The molecule has 1 saturated carbocycles. The Hall–Kier alpha value is -2.19. The van der Waals surface area contributed by atoms with E-state index in [1.54, 1.807) is 12.3 Å². The lowest BCUT2D eigenvalue weighted by Gasteiger charge is -2.32. The van der Waals surface area contributed by atoms with E-state index in [-0.39, 0.29) is 18.5 Å². The maximum Gasteiger partial charge on any atom is 0.315 e. The Kier molecular flexibility index (Phi) is 6.40. The van der Waals surface area contributed by atoms with Crippen molar-refractivity contribution in [3.05, 3.63) is 24.0 Å². The van der Waals surface area contributed by atoms with Gasteiger partial charge in [-0.15, -0.1) is 0 Å². The molecule has 1 aliphatic carbocycles. The summed E-state index contributed by atoms with van der Waals surface area (Å²) in [6, 6.07) is 3.72. The lowest BCUT2D eigenvalue weighted by Crippen LogP contribution is -2.45. The summed E-state index contributed by atoms with van der Waals surface area (Å²) >= 11 is 0. The highest BCUT2D eigenvalue weighted by Crippen LogP contribution is 2.18. The molecule has 3 amide bonds. The molecule has 8 heteroatoms. The number of carbonyl (C=O) groups is 2. The van der Waals surface area contributed by atoms with E-state index >= 15 is 0 Å². The van der Waals surface area contributed by atoms with Gasteiger partial charge >= 0.3 is 6.03 Å². The molecule has 26 heavy (non-hydrogen) atoms. The predicted octanol–water partition coefficient (Wildman–Crippen LogP) is 0.619. The van der Waals surface area contributed by atoms with Gasteiger partial charge in [0.25, 0.3) is 0 Å². The van der Waals surface area contributed by atoms with Crippen LogP contribution in [0.25, 0.3) is 0 Å². The molecule has 142 valence electrons. The summed E-state index contributed by atoms with van der Waals surface area (Å²) in [6.07, 6.45) is 4.21. The van der Waals surface area contributed by atoms with Crippen LogP contribution in [0, 0.1) is 0 Å². The average Bonchev–Trinajstić information content (AvgIpc) is 3.44. The summed E-state index contributed by atoms with van der Waals surface area (Å²) in [6.45, 7) is 5.14. The summed E-state index contributed by atoms with van der Waals surface area (Å²) in [5.41, 5.74) is 1.31. The highest BCUT2D eigenvalue weighted by Gasteiger charge is 2.23. The van der Waals surface area contributed by atoms with E-state index in [9.17, 15) is 9.59 Å². The van der Waals surface area contributed by atoms with E-state index in [1.807, 2.05) is 6.07 Å². The molecular formula is C18H28N6O2. The van der Waals surface area contributed by atoms with Crippen LogP contribution in [-0.4, -0.2) is 72.5 Å². The molecule has 1 saturated heterocycles. The van der Waals surface area contributed by atoms with Crippen LogP contribution in [0.1, 0.15) is 25.0 Å². The van der Waals surface area contributed by atoms with Crippen LogP contribution in [0.5, 0.6) is 0 Å². The van der Waals surface area contributed by atoms with Gasteiger partial charge in [-0.3, -0.25) is 9.78 Å². The first-order chi connectivity index (χ1) is 12.6. The van der Waals surface area contributed by atoms with Gasteiger partial charge < -0.3 is 25.8 Å². The van der Waals surface area contributed by atoms with E-state index in [1.165, 1.54) is 0 Å². The molecule has 3 N–H and O–H groups in total. The molecule has 2 fully saturated rings. The molecule has 0 aromatic carbocycles. The van der Waals surface area contributed by atoms with Crippen molar-refractivity contribution in [1.29, 1.82) is 0 Å². The van der Waals surface area contributed by atoms with E-state index in [4.69, 9.17) is 0 Å². The van der Waals surface area contributed by atoms with Crippen molar-refractivity contribution in [3.63, 3.8) is 0 Å². The van der Waals surface area contributed by atoms with E-state index in [0.717, 1.165) is 45.6 Å². The van der Waals surface area contributed by atoms with Crippen LogP contribution in [0.3, 0.4) is 0 Å². The van der Waals surface area contributed by atoms with Gasteiger partial charge in [0.05, 0.1) is 17.9 Å². The summed E-state index contributed by atoms with van der Waals surface area (Å²) < 4.78 is 0. The van der Waals surface area contributed by atoms with Crippen LogP contribution in [-0.2, 0) is 11.3 Å². The molecule has 0 unspecified atom stereocenters. The Morgan fingerprint density at radius 2 is 2.00 bits per heavy atom. The van der Waals surface area contributed by atoms with Crippen molar-refractivity contribution in [2.45, 2.75) is 31.8 Å². The zero-order valence-electron chi connectivity index (χ0n) is 15.3. The van der Waals surface area contributed by atoms with Gasteiger partial charge in [-0.25, -0.2) is 4.79 Å². The topological polar surface area (TPSA) is 89.6 Å². The summed E-state index contributed by atoms with van der Waals surface area (Å²) in [4.78, 5) is 32.9. The van der Waals surface area contributed by atoms with Gasteiger partial charge in [-0.05, 0) is 32.0 Å². The number of nitrogens with one attached hydrogen (secondary N) is 3. The van der Waals surface area contributed by atoms with Crippen LogP contribution >= 0.6 is 0 Å². The molecule has 2 aliphatic rings. The number of nitrogens with zero attached hydrogens (tertiary/aromatic N) is 3. The first-order valence-corrected chi connectivity index (χ1v) is 9.29. The van der Waals surface area contributed by atoms with Crippen molar-refractivity contribution in [3.8, 4) is 0 Å². The molecule has 1 aromatic heterocycles. The number of hydrogen-bond donors (Lipinski definition) is 3. The largest absolute Gasteiger partial charge is 0.335 e. The van der Waals surface area contributed by atoms with Crippen LogP contribution in [0.4, 0.5) is 10.5 Å². The zero-order chi connectivity index (χ0) is 18.4. The maximum absolute atomic E-state index is 12.3. The monoisotopic (exact) mass is 360 g/mol. The van der Waals surface area contributed by atoms with Crippen molar-refractivity contribution < 1.29 is 9.59 Å². The Bertz CT molecular complexity index is 626. The second-order valence-corrected chi connectivity index (χ2v) is 7.04. The summed E-state index contributed by atoms with van der Waals surface area (Å²) in [5, 5.41) is 8.59. The number of rotatable bonds is 7. The Labute approximate surface area is 154 Å². The van der Waals surface area contributed by atoms with Crippen LogP contribution < -0.4 is 16.0 Å². The van der Waals surface area contributed by atoms with Gasteiger partial charge in [-0.1, -0.05) is 0 Å². The smallest absolute Gasteiger partial charge is 0.315 e. The fraction of sp³-hybridized carbons (Fsp3) is 0.611. The molecule has 0 radical (unpaired) electrons. The number of piperazine rings is 1. The SMILES string of the molecule is CN1CCN(CCC(=O)Nc2cccnc2CNC(=O)NC2CC2)CC1. The highest BCUT2D eigenvalue weighted by molar-refractivity contribution is 5.91. The molecule has 2 heterocycles. The standard InChI is InChI=1S/C18H28N6O2/c1-23-9-11-24(12-10-23)8-6-17(25)22-15-3-2-7-19-16(15)13-20-18(26)21-14-4-5-14/h2-3,7,14H,4-6,8-13H2,1H3,(H,22,25)(H2,20,21,26). The van der Waals surface area contributed by atoms with E-state index in [0.29, 0.717) is 23.8 Å². The molecule has 3 rings (SSSR count). The summed E-state index contributed by atoms with van der Waals surface area (Å²) in [5.74, 6) is -0.0272. The third-order valence-corrected chi connectivity index (χ3v) is 4.74. The third-order valence-electron chi connectivity index (χ3n) is 4.74. The minimum atomic E-state index is -0.189. The number of anilines is 1. The normalized spacial score (nSPS) is 18.3. The zero-order valence-corrected chi connectivity index (χ0v) is 15.3. The lowest BCUT2D eigenvalue weighted by atomic mass is 10.2. The van der Waals surface area contributed by atoms with E-state index in [2.05, 4.69) is 37.8 Å². The molecular weight excluding hydrogens is 332 g/mol.